The van der Waals surface area contributed by atoms with Gasteiger partial charge in [0.15, 0.2) is 0 Å². The minimum atomic E-state index is -0.0826. The number of carbonyl (C=O) groups excluding carboxylic acids is 1. The van der Waals surface area contributed by atoms with Crippen LogP contribution < -0.4 is 14.5 Å². The fourth-order valence-electron chi connectivity index (χ4n) is 6.41. The molecule has 2 fully saturated rings. The number of methoxy groups -OCH3 is 1. The fraction of sp³-hybridized carbons (Fsp3) is 0.516. The average molecular weight is 561 g/mol. The molecule has 0 spiro atoms. The van der Waals surface area contributed by atoms with E-state index in [1.54, 1.807) is 20.1 Å². The van der Waals surface area contributed by atoms with Gasteiger partial charge in [0, 0.05) is 89.1 Å². The van der Waals surface area contributed by atoms with Crippen molar-refractivity contribution >= 4 is 28.2 Å². The number of benzene rings is 2. The number of likely N-dealkylation sites (tertiary alicyclic amines) is 1. The summed E-state index contributed by atoms with van der Waals surface area (Å²) >= 11 is 0. The Kier molecular flexibility index (Phi) is 7.86. The van der Waals surface area contributed by atoms with Crippen molar-refractivity contribution in [3.63, 3.8) is 0 Å². The Balaban J connectivity index is 1.28. The van der Waals surface area contributed by atoms with Crippen LogP contribution in [-0.2, 0) is 22.5 Å². The molecule has 41 heavy (non-hydrogen) atoms. The van der Waals surface area contributed by atoms with Crippen molar-refractivity contribution in [2.45, 2.75) is 45.4 Å². The largest absolute Gasteiger partial charge is 0.508 e. The molecule has 0 aliphatic carbocycles. The van der Waals surface area contributed by atoms with E-state index >= 15 is 0 Å². The zero-order chi connectivity index (χ0) is 28.5. The monoisotopic (exact) mass is 560 g/mol. The number of aromatic nitrogens is 2. The Morgan fingerprint density at radius 3 is 2.63 bits per heavy atom. The molecular weight excluding hydrogens is 520 g/mol. The zero-order valence-electron chi connectivity index (χ0n) is 24.3. The van der Waals surface area contributed by atoms with Crippen molar-refractivity contribution in [1.29, 1.82) is 0 Å². The van der Waals surface area contributed by atoms with E-state index in [-0.39, 0.29) is 23.9 Å². The van der Waals surface area contributed by atoms with Gasteiger partial charge in [0.05, 0.1) is 18.3 Å². The second-order valence-electron chi connectivity index (χ2n) is 11.4. The van der Waals surface area contributed by atoms with Gasteiger partial charge in [-0.1, -0.05) is 24.3 Å². The van der Waals surface area contributed by atoms with Gasteiger partial charge in [0.25, 0.3) is 0 Å². The van der Waals surface area contributed by atoms with Crippen molar-refractivity contribution in [3.8, 4) is 11.8 Å². The number of rotatable bonds is 7. The molecule has 3 aliphatic heterocycles. The maximum absolute atomic E-state index is 11.9. The molecule has 3 aliphatic rings. The summed E-state index contributed by atoms with van der Waals surface area (Å²) < 4.78 is 11.9. The summed E-state index contributed by atoms with van der Waals surface area (Å²) in [5, 5.41) is 12.6. The third-order valence-electron chi connectivity index (χ3n) is 8.60. The van der Waals surface area contributed by atoms with Crippen LogP contribution in [0, 0.1) is 0 Å². The number of amides is 1. The lowest BCUT2D eigenvalue weighted by Gasteiger charge is -2.38. The predicted octanol–water partition coefficient (Wildman–Crippen LogP) is 3.05. The van der Waals surface area contributed by atoms with E-state index in [1.807, 2.05) is 29.2 Å². The van der Waals surface area contributed by atoms with Gasteiger partial charge in [0.1, 0.15) is 17.7 Å². The van der Waals surface area contributed by atoms with Crippen LogP contribution in [0.2, 0.25) is 0 Å². The normalized spacial score (nSPS) is 20.4. The number of hydrogen-bond donors (Lipinski definition) is 1. The maximum Gasteiger partial charge on any atom is 0.318 e. The molecule has 2 aromatic carbocycles. The van der Waals surface area contributed by atoms with Gasteiger partial charge < -0.3 is 29.3 Å². The van der Waals surface area contributed by atoms with E-state index in [4.69, 9.17) is 19.4 Å². The second kappa shape index (κ2) is 11.7. The molecular formula is C31H40N6O4. The quantitative estimate of drug-likeness (QED) is 0.468. The van der Waals surface area contributed by atoms with E-state index in [0.29, 0.717) is 25.6 Å². The number of ether oxygens (including phenoxy) is 2. The van der Waals surface area contributed by atoms with Crippen LogP contribution >= 0.6 is 0 Å². The zero-order valence-corrected chi connectivity index (χ0v) is 24.3. The lowest BCUT2D eigenvalue weighted by atomic mass is 10.0. The molecule has 0 unspecified atom stereocenters. The first-order valence-corrected chi connectivity index (χ1v) is 14.7. The first kappa shape index (κ1) is 27.5. The molecule has 2 atom stereocenters. The number of piperazine rings is 1. The second-order valence-corrected chi connectivity index (χ2v) is 11.4. The lowest BCUT2D eigenvalue weighted by molar-refractivity contribution is -0.129. The fourth-order valence-corrected chi connectivity index (χ4v) is 6.41. The number of nitrogens with zero attached hydrogens (tertiary/aromatic N) is 6. The third kappa shape index (κ3) is 5.90. The first-order valence-electron chi connectivity index (χ1n) is 14.7. The smallest absolute Gasteiger partial charge is 0.318 e. The molecule has 1 amide bonds. The highest BCUT2D eigenvalue weighted by Crippen LogP contribution is 2.36. The van der Waals surface area contributed by atoms with E-state index in [0.717, 1.165) is 85.6 Å². The Morgan fingerprint density at radius 1 is 1.07 bits per heavy atom. The van der Waals surface area contributed by atoms with Gasteiger partial charge in [-0.25, -0.2) is 0 Å². The highest BCUT2D eigenvalue weighted by molar-refractivity contribution is 5.95. The number of phenolic OH excluding ortho intramolecular Hbond substituents is 1. The van der Waals surface area contributed by atoms with Gasteiger partial charge in [-0.3, -0.25) is 9.69 Å². The molecule has 1 aromatic heterocycles. The Labute approximate surface area is 241 Å². The van der Waals surface area contributed by atoms with Crippen LogP contribution in [0.5, 0.6) is 11.8 Å². The van der Waals surface area contributed by atoms with Gasteiger partial charge in [-0.15, -0.1) is 0 Å². The summed E-state index contributed by atoms with van der Waals surface area (Å²) in [6.45, 7) is 10.6. The molecule has 6 rings (SSSR count). The van der Waals surface area contributed by atoms with E-state index in [9.17, 15) is 9.90 Å². The van der Waals surface area contributed by atoms with Crippen molar-refractivity contribution in [2.75, 3.05) is 69.3 Å². The molecule has 0 radical (unpaired) electrons. The number of carbonyl (C=O) groups is 1. The molecule has 10 nitrogen and oxygen atoms in total. The van der Waals surface area contributed by atoms with E-state index < -0.39 is 0 Å². The van der Waals surface area contributed by atoms with Crippen LogP contribution in [0.3, 0.4) is 0 Å². The third-order valence-corrected chi connectivity index (χ3v) is 8.60. The number of aromatic hydroxyl groups is 1. The summed E-state index contributed by atoms with van der Waals surface area (Å²) in [7, 11) is 1.77. The highest BCUT2D eigenvalue weighted by Gasteiger charge is 2.30. The summed E-state index contributed by atoms with van der Waals surface area (Å²) in [5.41, 5.74) is 3.09. The van der Waals surface area contributed by atoms with Gasteiger partial charge in [0.2, 0.25) is 5.91 Å². The van der Waals surface area contributed by atoms with Gasteiger partial charge in [-0.05, 0) is 31.2 Å². The predicted molar refractivity (Wildman–Crippen MR) is 159 cm³/mol. The summed E-state index contributed by atoms with van der Waals surface area (Å²) in [6.07, 6.45) is 2.01. The minimum Gasteiger partial charge on any atom is -0.508 e. The average Bonchev–Trinajstić information content (AvgIpc) is 3.43. The van der Waals surface area contributed by atoms with Crippen LogP contribution in [0.1, 0.15) is 31.5 Å². The van der Waals surface area contributed by atoms with Crippen LogP contribution in [0.4, 0.5) is 11.5 Å². The minimum absolute atomic E-state index is 0.0826. The van der Waals surface area contributed by atoms with Crippen LogP contribution in [0.25, 0.3) is 10.8 Å². The molecule has 1 N–H and O–H groups in total. The van der Waals surface area contributed by atoms with Gasteiger partial charge >= 0.3 is 6.01 Å². The molecule has 3 aromatic rings. The van der Waals surface area contributed by atoms with E-state index in [1.165, 1.54) is 0 Å². The number of phenols is 1. The number of anilines is 2. The highest BCUT2D eigenvalue weighted by atomic mass is 16.5. The van der Waals surface area contributed by atoms with Gasteiger partial charge in [-0.2, -0.15) is 9.97 Å². The van der Waals surface area contributed by atoms with E-state index in [2.05, 4.69) is 27.7 Å². The maximum atomic E-state index is 11.9. The molecule has 4 heterocycles. The summed E-state index contributed by atoms with van der Waals surface area (Å²) in [5.74, 6) is 1.28. The SMILES string of the molecule is CO[C@H]1CCN(C[C@@H](C)Oc2nc3c(c(N4CCN(C(C)=O)CC4)n2)CCN(c2cc(O)cc4ccccc24)C3)C1. The lowest BCUT2D eigenvalue weighted by Crippen LogP contribution is -2.49. The van der Waals surface area contributed by atoms with Crippen molar-refractivity contribution in [2.24, 2.45) is 0 Å². The summed E-state index contributed by atoms with van der Waals surface area (Å²) in [4.78, 5) is 30.7. The molecule has 0 bridgehead atoms. The molecule has 2 saturated heterocycles. The van der Waals surface area contributed by atoms with Crippen LogP contribution in [0.15, 0.2) is 36.4 Å². The molecule has 0 saturated carbocycles. The topological polar surface area (TPSA) is 94.5 Å². The Bertz CT molecular complexity index is 1410. The van der Waals surface area contributed by atoms with Crippen LogP contribution in [-0.4, -0.2) is 102 Å². The first-order chi connectivity index (χ1) is 19.9. The Hall–Kier alpha value is -3.63. The van der Waals surface area contributed by atoms with Crippen molar-refractivity contribution in [1.82, 2.24) is 19.8 Å². The molecule has 10 heteroatoms. The van der Waals surface area contributed by atoms with Crippen molar-refractivity contribution in [3.05, 3.63) is 47.7 Å². The molecule has 218 valence electrons. The standard InChI is InChI=1S/C31H40N6O4/c1-21(18-34-10-8-25(19-34)40-3)41-31-32-28-20-37(29-17-24(39)16-23-6-4-5-7-26(23)29)11-9-27(28)30(33-31)36-14-12-35(13-15-36)22(2)38/h4-7,16-17,21,25,39H,8-15,18-20H2,1-3H3/t21-,25+/m1/s1. The number of fused-ring (bicyclic) bond motifs is 2. The Morgan fingerprint density at radius 2 is 1.88 bits per heavy atom. The summed E-state index contributed by atoms with van der Waals surface area (Å²) in [6, 6.07) is 12.2. The number of hydrogen-bond acceptors (Lipinski definition) is 9. The van der Waals surface area contributed by atoms with Crippen molar-refractivity contribution < 1.29 is 19.4 Å².